The molecule has 1 aromatic heterocycles. The van der Waals surface area contributed by atoms with Crippen LogP contribution in [0.1, 0.15) is 18.4 Å². The highest BCUT2D eigenvalue weighted by Crippen LogP contribution is 2.37. The van der Waals surface area contributed by atoms with Gasteiger partial charge in [-0.1, -0.05) is 35.9 Å². The zero-order chi connectivity index (χ0) is 26.0. The predicted molar refractivity (Wildman–Crippen MR) is 151 cm³/mol. The number of piperidine rings is 1. The van der Waals surface area contributed by atoms with Crippen LogP contribution in [0.15, 0.2) is 70.0 Å². The molecule has 1 unspecified atom stereocenters. The molecule has 7 nitrogen and oxygen atoms in total. The van der Waals surface area contributed by atoms with Crippen LogP contribution in [0.4, 0.5) is 0 Å². The van der Waals surface area contributed by atoms with Crippen molar-refractivity contribution in [1.82, 2.24) is 14.6 Å². The first-order chi connectivity index (χ1) is 17.8. The maximum absolute atomic E-state index is 12.9. The fourth-order valence-electron chi connectivity index (χ4n) is 4.92. The highest BCUT2D eigenvalue weighted by atomic mass is 79.9. The summed E-state index contributed by atoms with van der Waals surface area (Å²) in [7, 11) is -3.45. The van der Waals surface area contributed by atoms with Gasteiger partial charge in [0.15, 0.2) is 0 Å². The van der Waals surface area contributed by atoms with E-state index in [4.69, 9.17) is 4.74 Å². The number of halogens is 1. The summed E-state index contributed by atoms with van der Waals surface area (Å²) in [5.74, 6) is 1.10. The Kier molecular flexibility index (Phi) is 7.88. The Morgan fingerprint density at radius 1 is 1.11 bits per heavy atom. The minimum absolute atomic E-state index is 0.177. The molecule has 0 bridgehead atoms. The van der Waals surface area contributed by atoms with Gasteiger partial charge in [-0.05, 0) is 78.5 Å². The Morgan fingerprint density at radius 2 is 1.84 bits per heavy atom. The molecule has 0 amide bonds. The lowest BCUT2D eigenvalue weighted by Gasteiger charge is -2.31. The van der Waals surface area contributed by atoms with Crippen LogP contribution in [0.5, 0.6) is 5.75 Å². The SMILES string of the molecule is Cc1ccc(S(=O)(=O)N2CCC(CNCC(O)COc3ccc(Br)c4[nH]c5ccccc5c34)CC2)cc1. The van der Waals surface area contributed by atoms with E-state index >= 15 is 0 Å². The van der Waals surface area contributed by atoms with Crippen molar-refractivity contribution in [3.63, 3.8) is 0 Å². The molecule has 0 saturated carbocycles. The Bertz CT molecular complexity index is 1480. The number of H-pyrrole nitrogens is 1. The number of nitrogens with zero attached hydrogens (tertiary/aromatic N) is 1. The van der Waals surface area contributed by atoms with Gasteiger partial charge in [-0.25, -0.2) is 8.42 Å². The molecule has 4 aromatic rings. The highest BCUT2D eigenvalue weighted by molar-refractivity contribution is 9.10. The Labute approximate surface area is 226 Å². The van der Waals surface area contributed by atoms with Gasteiger partial charge in [-0.2, -0.15) is 4.31 Å². The summed E-state index contributed by atoms with van der Waals surface area (Å²) in [6, 6.07) is 19.0. The van der Waals surface area contributed by atoms with Crippen molar-refractivity contribution in [2.45, 2.75) is 30.8 Å². The molecule has 2 heterocycles. The van der Waals surface area contributed by atoms with Crippen LogP contribution in [0.2, 0.25) is 0 Å². The molecule has 0 radical (unpaired) electrons. The molecule has 3 aromatic carbocycles. The minimum Gasteiger partial charge on any atom is -0.490 e. The third-order valence-electron chi connectivity index (χ3n) is 7.05. The van der Waals surface area contributed by atoms with Crippen molar-refractivity contribution in [2.24, 2.45) is 5.92 Å². The van der Waals surface area contributed by atoms with Gasteiger partial charge in [-0.3, -0.25) is 0 Å². The predicted octanol–water partition coefficient (Wildman–Crippen LogP) is 4.82. The van der Waals surface area contributed by atoms with Crippen molar-refractivity contribution in [3.05, 3.63) is 70.7 Å². The number of rotatable bonds is 9. The molecule has 1 atom stereocenters. The molecule has 9 heteroatoms. The number of para-hydroxylation sites is 1. The molecule has 196 valence electrons. The van der Waals surface area contributed by atoms with Crippen LogP contribution in [-0.2, 0) is 10.0 Å². The molecule has 1 saturated heterocycles. The number of aliphatic hydroxyl groups is 1. The van der Waals surface area contributed by atoms with E-state index in [0.29, 0.717) is 30.4 Å². The average Bonchev–Trinajstić information content (AvgIpc) is 3.30. The van der Waals surface area contributed by atoms with Crippen LogP contribution in [-0.4, -0.2) is 61.7 Å². The molecular weight excluding hydrogens is 554 g/mol. The molecular formula is C28H32BrN3O4S. The van der Waals surface area contributed by atoms with Crippen molar-refractivity contribution >= 4 is 47.8 Å². The van der Waals surface area contributed by atoms with Crippen LogP contribution in [0, 0.1) is 12.8 Å². The Balaban J connectivity index is 1.10. The van der Waals surface area contributed by atoms with E-state index in [1.807, 2.05) is 49.4 Å². The van der Waals surface area contributed by atoms with Gasteiger partial charge in [0.2, 0.25) is 10.0 Å². The van der Waals surface area contributed by atoms with E-state index in [1.54, 1.807) is 16.4 Å². The number of aromatic nitrogens is 1. The van der Waals surface area contributed by atoms with Crippen LogP contribution < -0.4 is 10.1 Å². The molecule has 0 aliphatic carbocycles. The summed E-state index contributed by atoms with van der Waals surface area (Å²) in [5.41, 5.74) is 3.05. The Morgan fingerprint density at radius 3 is 2.59 bits per heavy atom. The molecule has 5 rings (SSSR count). The fourth-order valence-corrected chi connectivity index (χ4v) is 6.82. The topological polar surface area (TPSA) is 94.7 Å². The largest absolute Gasteiger partial charge is 0.490 e. The summed E-state index contributed by atoms with van der Waals surface area (Å²) < 4.78 is 34.4. The fraction of sp³-hybridized carbons (Fsp3) is 0.357. The molecule has 1 fully saturated rings. The number of benzene rings is 3. The highest BCUT2D eigenvalue weighted by Gasteiger charge is 2.29. The van der Waals surface area contributed by atoms with Gasteiger partial charge in [0.25, 0.3) is 0 Å². The third kappa shape index (κ3) is 5.71. The second kappa shape index (κ2) is 11.1. The lowest BCUT2D eigenvalue weighted by molar-refractivity contribution is 0.105. The van der Waals surface area contributed by atoms with Gasteiger partial charge in [0.05, 0.1) is 15.8 Å². The molecule has 1 aliphatic rings. The monoisotopic (exact) mass is 585 g/mol. The zero-order valence-electron chi connectivity index (χ0n) is 20.8. The third-order valence-corrected chi connectivity index (χ3v) is 9.62. The van der Waals surface area contributed by atoms with Crippen LogP contribution in [0.25, 0.3) is 21.8 Å². The molecule has 1 aliphatic heterocycles. The molecule has 0 spiro atoms. The van der Waals surface area contributed by atoms with Gasteiger partial charge in [0, 0.05) is 35.0 Å². The quantitative estimate of drug-likeness (QED) is 0.262. The van der Waals surface area contributed by atoms with E-state index in [0.717, 1.165) is 57.0 Å². The van der Waals surface area contributed by atoms with E-state index in [-0.39, 0.29) is 6.61 Å². The van der Waals surface area contributed by atoms with Gasteiger partial charge >= 0.3 is 0 Å². The number of aryl methyl sites for hydroxylation is 1. The van der Waals surface area contributed by atoms with Crippen molar-refractivity contribution in [1.29, 1.82) is 0 Å². The second-order valence-corrected chi connectivity index (χ2v) is 12.5. The number of hydrogen-bond donors (Lipinski definition) is 3. The zero-order valence-corrected chi connectivity index (χ0v) is 23.2. The molecule has 3 N–H and O–H groups in total. The number of hydrogen-bond acceptors (Lipinski definition) is 5. The maximum Gasteiger partial charge on any atom is 0.243 e. The van der Waals surface area contributed by atoms with Gasteiger partial charge < -0.3 is 20.1 Å². The first-order valence-electron chi connectivity index (χ1n) is 12.6. The van der Waals surface area contributed by atoms with Crippen molar-refractivity contribution in [3.8, 4) is 5.75 Å². The smallest absolute Gasteiger partial charge is 0.243 e. The van der Waals surface area contributed by atoms with Crippen molar-refractivity contribution < 1.29 is 18.3 Å². The first kappa shape index (κ1) is 26.2. The normalized spacial score (nSPS) is 16.4. The lowest BCUT2D eigenvalue weighted by Crippen LogP contribution is -2.42. The van der Waals surface area contributed by atoms with Crippen LogP contribution in [0.3, 0.4) is 0 Å². The van der Waals surface area contributed by atoms with E-state index < -0.39 is 16.1 Å². The standard InChI is InChI=1S/C28H32BrN3O4S/c1-19-6-8-22(9-7-19)37(34,35)32-14-12-20(13-15-32)16-30-17-21(33)18-36-26-11-10-24(29)28-27(26)23-4-2-3-5-25(23)31-28/h2-11,20-21,30-31,33H,12-18H2,1H3. The van der Waals surface area contributed by atoms with Crippen molar-refractivity contribution in [2.75, 3.05) is 32.8 Å². The Hall–Kier alpha value is -2.43. The number of fused-ring (bicyclic) bond motifs is 3. The lowest BCUT2D eigenvalue weighted by atomic mass is 9.98. The summed E-state index contributed by atoms with van der Waals surface area (Å²) >= 11 is 3.61. The number of sulfonamides is 1. The average molecular weight is 587 g/mol. The second-order valence-electron chi connectivity index (χ2n) is 9.75. The molecule has 37 heavy (non-hydrogen) atoms. The summed E-state index contributed by atoms with van der Waals surface area (Å²) in [4.78, 5) is 3.78. The summed E-state index contributed by atoms with van der Waals surface area (Å²) in [6.45, 7) is 4.30. The number of aliphatic hydroxyl groups excluding tert-OH is 1. The first-order valence-corrected chi connectivity index (χ1v) is 14.8. The van der Waals surface area contributed by atoms with E-state index in [2.05, 4.69) is 32.3 Å². The number of aromatic amines is 1. The number of ether oxygens (including phenoxy) is 1. The summed E-state index contributed by atoms with van der Waals surface area (Å²) in [6.07, 6.45) is 0.926. The van der Waals surface area contributed by atoms with Crippen LogP contribution >= 0.6 is 15.9 Å². The number of nitrogens with one attached hydrogen (secondary N) is 2. The summed E-state index contributed by atoms with van der Waals surface area (Å²) in [5, 5.41) is 16.0. The van der Waals surface area contributed by atoms with E-state index in [9.17, 15) is 13.5 Å². The van der Waals surface area contributed by atoms with Gasteiger partial charge in [0.1, 0.15) is 18.5 Å². The van der Waals surface area contributed by atoms with Gasteiger partial charge in [-0.15, -0.1) is 0 Å². The minimum atomic E-state index is -3.45. The maximum atomic E-state index is 12.9. The van der Waals surface area contributed by atoms with E-state index in [1.165, 1.54) is 0 Å².